The quantitative estimate of drug-likeness (QED) is 0.284. The largest absolute Gasteiger partial charge is 0.0801 e. The van der Waals surface area contributed by atoms with Crippen LogP contribution in [0.15, 0.2) is 47.1 Å². The first-order valence-electron chi connectivity index (χ1n) is 11.0. The van der Waals surface area contributed by atoms with Gasteiger partial charge in [0.05, 0.1) is 0 Å². The molecule has 0 aromatic carbocycles. The zero-order valence-corrected chi connectivity index (χ0v) is 20.6. The molecule has 2 aliphatic carbocycles. The molecule has 0 amide bonds. The Morgan fingerprint density at radius 1 is 0.667 bits per heavy atom. The van der Waals surface area contributed by atoms with E-state index in [1.165, 1.54) is 51.4 Å². The summed E-state index contributed by atoms with van der Waals surface area (Å²) in [6, 6.07) is 0. The van der Waals surface area contributed by atoms with Crippen LogP contribution in [0.3, 0.4) is 0 Å². The molecular formula is C24H38FeP2. The van der Waals surface area contributed by atoms with Crippen molar-refractivity contribution in [3.8, 4) is 0 Å². The van der Waals surface area contributed by atoms with Gasteiger partial charge in [0, 0.05) is 17.1 Å². The van der Waals surface area contributed by atoms with Crippen molar-refractivity contribution in [3.05, 3.63) is 47.1 Å². The third-order valence-corrected chi connectivity index (χ3v) is 14.2. The zero-order valence-electron chi connectivity index (χ0n) is 17.7. The zero-order chi connectivity index (χ0) is 18.5. The van der Waals surface area contributed by atoms with E-state index in [0.717, 1.165) is 22.6 Å². The van der Waals surface area contributed by atoms with Gasteiger partial charge in [-0.2, -0.15) is 0 Å². The number of allylic oxidation sites excluding steroid dienone is 8. The van der Waals surface area contributed by atoms with Crippen LogP contribution in [0.1, 0.15) is 79.1 Å². The van der Waals surface area contributed by atoms with E-state index in [0.29, 0.717) is 0 Å². The van der Waals surface area contributed by atoms with Crippen molar-refractivity contribution in [2.24, 2.45) is 0 Å². The van der Waals surface area contributed by atoms with Gasteiger partial charge in [0.2, 0.25) is 0 Å². The average molecular weight is 444 g/mol. The molecule has 0 bridgehead atoms. The summed E-state index contributed by atoms with van der Waals surface area (Å²) < 4.78 is 0. The molecule has 2 fully saturated rings. The molecule has 0 nitrogen and oxygen atoms in total. The van der Waals surface area contributed by atoms with Gasteiger partial charge in [-0.3, -0.25) is 0 Å². The number of rotatable bonds is 6. The van der Waals surface area contributed by atoms with Gasteiger partial charge in [-0.05, 0) is 84.6 Å². The second-order valence-electron chi connectivity index (χ2n) is 8.11. The van der Waals surface area contributed by atoms with E-state index in [1.807, 2.05) is 0 Å². The van der Waals surface area contributed by atoms with Gasteiger partial charge in [-0.15, -0.1) is 0 Å². The fraction of sp³-hybridized carbons (Fsp3) is 0.667. The first-order chi connectivity index (χ1) is 12.7. The molecule has 0 radical (unpaired) electrons. The van der Waals surface area contributed by atoms with Crippen molar-refractivity contribution in [1.29, 1.82) is 0 Å². The molecule has 2 aliphatic heterocycles. The Morgan fingerprint density at radius 2 is 1.00 bits per heavy atom. The Balaban J connectivity index is 0.000000187. The first kappa shape index (κ1) is 23.6. The van der Waals surface area contributed by atoms with Crippen LogP contribution in [0.4, 0.5) is 0 Å². The van der Waals surface area contributed by atoms with Crippen LogP contribution in [0.5, 0.6) is 0 Å². The minimum absolute atomic E-state index is 0. The van der Waals surface area contributed by atoms with Gasteiger partial charge in [0.1, 0.15) is 0 Å². The predicted octanol–water partition coefficient (Wildman–Crippen LogP) is 8.54. The molecule has 27 heavy (non-hydrogen) atoms. The third-order valence-electron chi connectivity index (χ3n) is 6.71. The van der Waals surface area contributed by atoms with E-state index in [2.05, 4.69) is 64.2 Å². The van der Waals surface area contributed by atoms with E-state index in [9.17, 15) is 0 Å². The molecule has 2 heterocycles. The van der Waals surface area contributed by atoms with E-state index >= 15 is 0 Å². The van der Waals surface area contributed by atoms with Crippen molar-refractivity contribution in [1.82, 2.24) is 0 Å². The molecule has 0 aromatic rings. The average Bonchev–Trinajstić information content (AvgIpc) is 3.30. The van der Waals surface area contributed by atoms with Gasteiger partial charge < -0.3 is 0 Å². The smallest absolute Gasteiger partial charge is 0 e. The second-order valence-corrected chi connectivity index (χ2v) is 13.8. The van der Waals surface area contributed by atoms with E-state index in [4.69, 9.17) is 0 Å². The number of hydrogen-bond donors (Lipinski definition) is 0. The summed E-state index contributed by atoms with van der Waals surface area (Å²) in [5.41, 5.74) is 4.24. The summed E-state index contributed by atoms with van der Waals surface area (Å²) in [7, 11) is 0.545. The Bertz CT molecular complexity index is 517. The maximum Gasteiger partial charge on any atom is 0 e. The summed E-state index contributed by atoms with van der Waals surface area (Å²) in [4.78, 5) is 0. The maximum atomic E-state index is 2.39. The van der Waals surface area contributed by atoms with Gasteiger partial charge in [0.25, 0.3) is 0 Å². The molecular weight excluding hydrogens is 406 g/mol. The molecule has 3 heteroatoms. The molecule has 0 saturated carbocycles. The van der Waals surface area contributed by atoms with Crippen molar-refractivity contribution in [3.63, 3.8) is 0 Å². The summed E-state index contributed by atoms with van der Waals surface area (Å²) in [5.74, 6) is 0. The molecule has 0 spiro atoms. The summed E-state index contributed by atoms with van der Waals surface area (Å²) in [5, 5.41) is 3.56. The second kappa shape index (κ2) is 11.5. The number of hydrogen-bond acceptors (Lipinski definition) is 0. The molecule has 0 aromatic heterocycles. The Morgan fingerprint density at radius 3 is 1.22 bits per heavy atom. The Labute approximate surface area is 181 Å². The minimum atomic E-state index is 0. The van der Waals surface area contributed by atoms with Crippen LogP contribution in [0.25, 0.3) is 0 Å². The van der Waals surface area contributed by atoms with Crippen molar-refractivity contribution >= 4 is 15.8 Å². The Kier molecular flexibility index (Phi) is 10.1. The van der Waals surface area contributed by atoms with Crippen LogP contribution in [0.2, 0.25) is 0 Å². The fourth-order valence-electron chi connectivity index (χ4n) is 5.05. The molecule has 0 unspecified atom stereocenters. The summed E-state index contributed by atoms with van der Waals surface area (Å²) in [6.07, 6.45) is 25.0. The SMILES string of the molecule is CC[C@@H]1C[C@@H](CC)P1C1=CC=CC1.CC[C@@H]1C[C@@H](CC)P1C1=CC=CC1.[Fe]. The summed E-state index contributed by atoms with van der Waals surface area (Å²) in [6.45, 7) is 9.42. The summed E-state index contributed by atoms with van der Waals surface area (Å²) >= 11 is 0. The van der Waals surface area contributed by atoms with E-state index in [-0.39, 0.29) is 32.9 Å². The minimum Gasteiger partial charge on any atom is -0.0801 e. The molecule has 152 valence electrons. The predicted molar refractivity (Wildman–Crippen MR) is 123 cm³/mol. The molecule has 2 saturated heterocycles. The molecule has 4 rings (SSSR count). The molecule has 0 N–H and O–H groups in total. The van der Waals surface area contributed by atoms with Gasteiger partial charge in [-0.25, -0.2) is 0 Å². The van der Waals surface area contributed by atoms with Crippen molar-refractivity contribution < 1.29 is 17.1 Å². The van der Waals surface area contributed by atoms with E-state index < -0.39 is 0 Å². The van der Waals surface area contributed by atoms with Crippen LogP contribution in [-0.4, -0.2) is 22.6 Å². The van der Waals surface area contributed by atoms with Crippen molar-refractivity contribution in [2.75, 3.05) is 0 Å². The van der Waals surface area contributed by atoms with Crippen LogP contribution in [-0.2, 0) is 17.1 Å². The molecule has 4 aliphatic rings. The van der Waals surface area contributed by atoms with Crippen LogP contribution >= 0.6 is 15.8 Å². The first-order valence-corrected chi connectivity index (χ1v) is 14.0. The van der Waals surface area contributed by atoms with Gasteiger partial charge in [0.15, 0.2) is 0 Å². The van der Waals surface area contributed by atoms with E-state index in [1.54, 1.807) is 10.6 Å². The Hall–Kier alpha value is 0.339. The monoisotopic (exact) mass is 444 g/mol. The maximum absolute atomic E-state index is 2.39. The van der Waals surface area contributed by atoms with Crippen LogP contribution in [0, 0.1) is 0 Å². The third kappa shape index (κ3) is 5.28. The van der Waals surface area contributed by atoms with Gasteiger partial charge >= 0.3 is 0 Å². The standard InChI is InChI=1S/2C12H19P.Fe/c2*1-3-10-9-11(4-2)13(10)12-7-5-6-8-12;/h2*5-7,10-11H,3-4,8-9H2,1-2H3;/t2*10-,11-;/m11./s1. The molecule has 4 atom stereocenters. The fourth-order valence-corrected chi connectivity index (χ4v) is 12.0. The van der Waals surface area contributed by atoms with Crippen LogP contribution < -0.4 is 0 Å². The van der Waals surface area contributed by atoms with Gasteiger partial charge in [-0.1, -0.05) is 80.0 Å². The van der Waals surface area contributed by atoms with Crippen molar-refractivity contribution in [2.45, 2.75) is 102 Å². The topological polar surface area (TPSA) is 0 Å². The normalized spacial score (nSPS) is 32.0.